The molecular formula is C11H17N3. The molecule has 0 saturated heterocycles. The van der Waals surface area contributed by atoms with Crippen LogP contribution in [0, 0.1) is 11.8 Å². The average Bonchev–Trinajstić information content (AvgIpc) is 2.61. The molecule has 1 aromatic rings. The van der Waals surface area contributed by atoms with Crippen LogP contribution in [0.25, 0.3) is 0 Å². The molecule has 76 valence electrons. The van der Waals surface area contributed by atoms with Gasteiger partial charge in [0.1, 0.15) is 0 Å². The second kappa shape index (κ2) is 6.22. The van der Waals surface area contributed by atoms with Gasteiger partial charge in [0.2, 0.25) is 0 Å². The van der Waals surface area contributed by atoms with Gasteiger partial charge in [-0.1, -0.05) is 19.8 Å². The number of imidazole rings is 1. The molecule has 3 heteroatoms. The minimum Gasteiger partial charge on any atom is -0.324 e. The van der Waals surface area contributed by atoms with E-state index >= 15 is 0 Å². The first-order valence-corrected chi connectivity index (χ1v) is 5.09. The Bertz CT molecular complexity index is 317. The highest BCUT2D eigenvalue weighted by Gasteiger charge is 1.95. The van der Waals surface area contributed by atoms with Gasteiger partial charge < -0.3 is 9.88 Å². The van der Waals surface area contributed by atoms with E-state index in [4.69, 9.17) is 0 Å². The first-order valence-electron chi connectivity index (χ1n) is 5.09. The van der Waals surface area contributed by atoms with Gasteiger partial charge in [-0.15, -0.1) is 0 Å². The van der Waals surface area contributed by atoms with E-state index in [9.17, 15) is 0 Å². The second-order valence-corrected chi connectivity index (χ2v) is 3.03. The maximum absolute atomic E-state index is 4.19. The number of hydrogen-bond donors (Lipinski definition) is 1. The summed E-state index contributed by atoms with van der Waals surface area (Å²) in [6.45, 7) is 6.90. The summed E-state index contributed by atoms with van der Waals surface area (Å²) >= 11 is 0. The third-order valence-electron chi connectivity index (χ3n) is 1.84. The van der Waals surface area contributed by atoms with Crippen LogP contribution in [0.15, 0.2) is 12.4 Å². The van der Waals surface area contributed by atoms with E-state index in [2.05, 4.69) is 40.6 Å². The second-order valence-electron chi connectivity index (χ2n) is 3.03. The summed E-state index contributed by atoms with van der Waals surface area (Å²) in [5, 5.41) is 3.15. The summed E-state index contributed by atoms with van der Waals surface area (Å²) in [5.41, 5.74) is 0. The van der Waals surface area contributed by atoms with Gasteiger partial charge in [0.25, 0.3) is 0 Å². The first kappa shape index (κ1) is 10.8. The molecule has 0 spiro atoms. The molecule has 0 aliphatic carbocycles. The van der Waals surface area contributed by atoms with Gasteiger partial charge in [0.15, 0.2) is 5.82 Å². The summed E-state index contributed by atoms with van der Waals surface area (Å²) in [6.07, 6.45) is 4.88. The molecule has 0 amide bonds. The van der Waals surface area contributed by atoms with E-state index in [-0.39, 0.29) is 0 Å². The number of rotatable bonds is 4. The molecule has 0 bridgehead atoms. The van der Waals surface area contributed by atoms with Crippen LogP contribution in [0.5, 0.6) is 0 Å². The predicted molar refractivity (Wildman–Crippen MR) is 57.9 cm³/mol. The third-order valence-corrected chi connectivity index (χ3v) is 1.84. The van der Waals surface area contributed by atoms with E-state index < -0.39 is 0 Å². The van der Waals surface area contributed by atoms with Crippen LogP contribution in [0.2, 0.25) is 0 Å². The zero-order valence-electron chi connectivity index (χ0n) is 8.88. The Morgan fingerprint density at radius 2 is 2.36 bits per heavy atom. The maximum Gasteiger partial charge on any atom is 0.185 e. The number of hydrogen-bond acceptors (Lipinski definition) is 2. The topological polar surface area (TPSA) is 29.9 Å². The monoisotopic (exact) mass is 191 g/mol. The molecule has 0 unspecified atom stereocenters. The Kier molecular flexibility index (Phi) is 4.81. The molecule has 3 nitrogen and oxygen atoms in total. The molecule has 14 heavy (non-hydrogen) atoms. The average molecular weight is 191 g/mol. The van der Waals surface area contributed by atoms with Crippen LogP contribution in [-0.2, 0) is 6.54 Å². The molecule has 1 heterocycles. The van der Waals surface area contributed by atoms with Gasteiger partial charge in [0, 0.05) is 18.9 Å². The lowest BCUT2D eigenvalue weighted by molar-refractivity contribution is 0.670. The van der Waals surface area contributed by atoms with Gasteiger partial charge in [-0.3, -0.25) is 0 Å². The van der Waals surface area contributed by atoms with Gasteiger partial charge in [-0.25, -0.2) is 4.98 Å². The van der Waals surface area contributed by atoms with Crippen LogP contribution in [-0.4, -0.2) is 22.6 Å². The van der Waals surface area contributed by atoms with E-state index in [1.807, 2.05) is 6.20 Å². The highest BCUT2D eigenvalue weighted by molar-refractivity contribution is 5.22. The summed E-state index contributed by atoms with van der Waals surface area (Å²) in [7, 11) is 0. The van der Waals surface area contributed by atoms with E-state index in [1.54, 1.807) is 6.20 Å². The fourth-order valence-electron chi connectivity index (χ4n) is 1.17. The molecule has 0 saturated carbocycles. The fourth-order valence-corrected chi connectivity index (χ4v) is 1.17. The van der Waals surface area contributed by atoms with Crippen molar-refractivity contribution < 1.29 is 0 Å². The van der Waals surface area contributed by atoms with Gasteiger partial charge in [-0.2, -0.15) is 0 Å². The minimum atomic E-state index is 0.732. The molecule has 0 aromatic carbocycles. The lowest BCUT2D eigenvalue weighted by Gasteiger charge is -1.99. The molecule has 1 rings (SSSR count). The van der Waals surface area contributed by atoms with Crippen molar-refractivity contribution in [1.29, 1.82) is 0 Å². The van der Waals surface area contributed by atoms with Crippen molar-refractivity contribution in [3.8, 4) is 11.8 Å². The molecule has 0 radical (unpaired) electrons. The SMILES string of the molecule is CCCn1ccnc1C#CCNCC. The predicted octanol–water partition coefficient (Wildman–Crippen LogP) is 1.25. The molecule has 0 fully saturated rings. The van der Waals surface area contributed by atoms with Crippen molar-refractivity contribution in [3.63, 3.8) is 0 Å². The number of aryl methyl sites for hydroxylation is 1. The highest BCUT2D eigenvalue weighted by Crippen LogP contribution is 1.96. The van der Waals surface area contributed by atoms with Crippen molar-refractivity contribution in [2.45, 2.75) is 26.8 Å². The van der Waals surface area contributed by atoms with Crippen LogP contribution < -0.4 is 5.32 Å². The Morgan fingerprint density at radius 1 is 1.50 bits per heavy atom. The zero-order chi connectivity index (χ0) is 10.2. The Labute approximate surface area is 85.5 Å². The largest absolute Gasteiger partial charge is 0.324 e. The third kappa shape index (κ3) is 3.23. The Hall–Kier alpha value is -1.27. The molecule has 0 atom stereocenters. The molecular weight excluding hydrogens is 174 g/mol. The van der Waals surface area contributed by atoms with Crippen LogP contribution in [0.3, 0.4) is 0 Å². The molecule has 1 N–H and O–H groups in total. The van der Waals surface area contributed by atoms with Crippen LogP contribution >= 0.6 is 0 Å². The van der Waals surface area contributed by atoms with E-state index in [0.29, 0.717) is 0 Å². The smallest absolute Gasteiger partial charge is 0.185 e. The Morgan fingerprint density at radius 3 is 3.07 bits per heavy atom. The molecule has 0 aliphatic heterocycles. The standard InChI is InChI=1S/C11H17N3/c1-3-9-14-10-8-13-11(14)6-5-7-12-4-2/h8,10,12H,3-4,7,9H2,1-2H3. The maximum atomic E-state index is 4.19. The zero-order valence-corrected chi connectivity index (χ0v) is 8.88. The van der Waals surface area contributed by atoms with Crippen molar-refractivity contribution in [2.24, 2.45) is 0 Å². The Balaban J connectivity index is 2.55. The summed E-state index contributed by atoms with van der Waals surface area (Å²) in [5.74, 6) is 6.96. The van der Waals surface area contributed by atoms with Gasteiger partial charge in [-0.05, 0) is 18.9 Å². The van der Waals surface area contributed by atoms with Gasteiger partial charge >= 0.3 is 0 Å². The lowest BCUT2D eigenvalue weighted by atomic mass is 10.4. The summed E-state index contributed by atoms with van der Waals surface area (Å²) < 4.78 is 2.08. The summed E-state index contributed by atoms with van der Waals surface area (Å²) in [6, 6.07) is 0. The molecule has 0 aliphatic rings. The van der Waals surface area contributed by atoms with Crippen LogP contribution in [0.4, 0.5) is 0 Å². The van der Waals surface area contributed by atoms with E-state index in [1.165, 1.54) is 0 Å². The van der Waals surface area contributed by atoms with Crippen LogP contribution in [0.1, 0.15) is 26.1 Å². The molecule has 1 aromatic heterocycles. The summed E-state index contributed by atoms with van der Waals surface area (Å²) in [4.78, 5) is 4.19. The first-order chi connectivity index (χ1) is 6.88. The van der Waals surface area contributed by atoms with Crippen molar-refractivity contribution in [1.82, 2.24) is 14.9 Å². The quantitative estimate of drug-likeness (QED) is 0.573. The minimum absolute atomic E-state index is 0.732. The van der Waals surface area contributed by atoms with E-state index in [0.717, 1.165) is 31.9 Å². The lowest BCUT2D eigenvalue weighted by Crippen LogP contribution is -2.12. The normalized spacial score (nSPS) is 9.57. The highest BCUT2D eigenvalue weighted by atomic mass is 15.0. The van der Waals surface area contributed by atoms with Gasteiger partial charge in [0.05, 0.1) is 6.54 Å². The fraction of sp³-hybridized carbons (Fsp3) is 0.545. The van der Waals surface area contributed by atoms with Crippen molar-refractivity contribution in [3.05, 3.63) is 18.2 Å². The number of nitrogens with zero attached hydrogens (tertiary/aromatic N) is 2. The van der Waals surface area contributed by atoms with Crippen molar-refractivity contribution >= 4 is 0 Å². The van der Waals surface area contributed by atoms with Crippen molar-refractivity contribution in [2.75, 3.05) is 13.1 Å². The number of nitrogens with one attached hydrogen (secondary N) is 1. The number of aromatic nitrogens is 2.